The summed E-state index contributed by atoms with van der Waals surface area (Å²) in [5, 5.41) is 0.620. The summed E-state index contributed by atoms with van der Waals surface area (Å²) in [6.07, 6.45) is 0.419. The van der Waals surface area contributed by atoms with Gasteiger partial charge in [-0.2, -0.15) is 0 Å². The Morgan fingerprint density at radius 1 is 1.03 bits per heavy atom. The van der Waals surface area contributed by atoms with Gasteiger partial charge >= 0.3 is 0 Å². The number of ether oxygens (including phenoxy) is 1. The van der Waals surface area contributed by atoms with Crippen molar-refractivity contribution in [2.75, 3.05) is 37.7 Å². The first kappa shape index (κ1) is 23.0. The average molecular weight is 469 g/mol. The number of nitrogens with zero attached hydrogens (tertiary/aromatic N) is 4. The van der Waals surface area contributed by atoms with E-state index in [1.807, 2.05) is 19.9 Å². The van der Waals surface area contributed by atoms with Crippen LogP contribution in [0.5, 0.6) is 5.75 Å². The molecule has 3 aromatic rings. The molecule has 0 aliphatic carbocycles. The van der Waals surface area contributed by atoms with Crippen LogP contribution in [-0.4, -0.2) is 53.6 Å². The lowest BCUT2D eigenvalue weighted by Gasteiger charge is -2.36. The predicted octanol–water partition coefficient (Wildman–Crippen LogP) is 4.20. The summed E-state index contributed by atoms with van der Waals surface area (Å²) in [4.78, 5) is 25.8. The van der Waals surface area contributed by atoms with Gasteiger partial charge in [0.1, 0.15) is 23.2 Å². The molecule has 6 nitrogen and oxygen atoms in total. The summed E-state index contributed by atoms with van der Waals surface area (Å²) in [5.41, 5.74) is 2.37. The van der Waals surface area contributed by atoms with E-state index >= 15 is 0 Å². The van der Waals surface area contributed by atoms with Crippen LogP contribution in [0.4, 0.5) is 10.2 Å². The Morgan fingerprint density at radius 3 is 2.42 bits per heavy atom. The first-order valence-corrected chi connectivity index (χ1v) is 11.3. The molecule has 0 saturated carbocycles. The van der Waals surface area contributed by atoms with E-state index in [4.69, 9.17) is 16.3 Å². The Kier molecular flexibility index (Phi) is 7.08. The van der Waals surface area contributed by atoms with Crippen molar-refractivity contribution in [1.82, 2.24) is 14.9 Å². The maximum atomic E-state index is 14.3. The van der Waals surface area contributed by atoms with E-state index < -0.39 is 0 Å². The molecule has 1 amide bonds. The van der Waals surface area contributed by atoms with Crippen molar-refractivity contribution in [2.24, 2.45) is 0 Å². The van der Waals surface area contributed by atoms with Crippen LogP contribution in [0.15, 0.2) is 48.5 Å². The van der Waals surface area contributed by atoms with E-state index in [1.165, 1.54) is 6.07 Å². The quantitative estimate of drug-likeness (QED) is 0.542. The summed E-state index contributed by atoms with van der Waals surface area (Å²) in [5.74, 6) is 1.80. The molecule has 33 heavy (non-hydrogen) atoms. The van der Waals surface area contributed by atoms with Gasteiger partial charge in [0.05, 0.1) is 0 Å². The van der Waals surface area contributed by atoms with Gasteiger partial charge in [-0.1, -0.05) is 29.8 Å². The van der Waals surface area contributed by atoms with E-state index in [1.54, 1.807) is 41.3 Å². The van der Waals surface area contributed by atoms with Crippen molar-refractivity contribution < 1.29 is 13.9 Å². The summed E-state index contributed by atoms with van der Waals surface area (Å²) in [6, 6.07) is 13.7. The zero-order valence-corrected chi connectivity index (χ0v) is 19.5. The highest BCUT2D eigenvalue weighted by atomic mass is 35.5. The minimum absolute atomic E-state index is 0.0219. The predicted molar refractivity (Wildman–Crippen MR) is 126 cm³/mol. The van der Waals surface area contributed by atoms with Crippen LogP contribution in [0, 0.1) is 19.7 Å². The molecule has 1 aliphatic rings. The molecule has 1 saturated heterocycles. The Morgan fingerprint density at radius 2 is 1.73 bits per heavy atom. The third kappa shape index (κ3) is 5.60. The average Bonchev–Trinajstić information content (AvgIpc) is 2.81. The van der Waals surface area contributed by atoms with E-state index in [9.17, 15) is 9.18 Å². The maximum Gasteiger partial charge on any atom is 0.260 e. The molecule has 0 spiro atoms. The lowest BCUT2D eigenvalue weighted by molar-refractivity contribution is -0.133. The second-order valence-corrected chi connectivity index (χ2v) is 8.47. The van der Waals surface area contributed by atoms with Crippen molar-refractivity contribution in [3.05, 3.63) is 82.0 Å². The standard InChI is InChI=1S/C25H26ClFN4O2/c1-17-22(15-19-5-3-4-6-23(19)27)25(29-18(2)28-17)31-13-11-30(12-14-31)24(32)16-33-21-9-7-20(26)8-10-21/h3-10H,11-16H2,1-2H3. The van der Waals surface area contributed by atoms with Crippen LogP contribution < -0.4 is 9.64 Å². The van der Waals surface area contributed by atoms with Gasteiger partial charge in [-0.15, -0.1) is 0 Å². The number of anilines is 1. The van der Waals surface area contributed by atoms with Gasteiger partial charge in [0.15, 0.2) is 6.61 Å². The summed E-state index contributed by atoms with van der Waals surface area (Å²) < 4.78 is 19.9. The number of halogens is 2. The highest BCUT2D eigenvalue weighted by Crippen LogP contribution is 2.26. The largest absolute Gasteiger partial charge is 0.484 e. The number of piperazine rings is 1. The van der Waals surface area contributed by atoms with Gasteiger partial charge in [-0.3, -0.25) is 4.79 Å². The van der Waals surface area contributed by atoms with Crippen LogP contribution in [0.3, 0.4) is 0 Å². The van der Waals surface area contributed by atoms with Crippen molar-refractivity contribution in [2.45, 2.75) is 20.3 Å². The molecule has 0 atom stereocenters. The Hall–Kier alpha value is -3.19. The zero-order chi connectivity index (χ0) is 23.4. The molecule has 4 rings (SSSR count). The summed E-state index contributed by atoms with van der Waals surface area (Å²) in [6.45, 7) is 6.15. The van der Waals surface area contributed by atoms with Gasteiger partial charge < -0.3 is 14.5 Å². The number of hydrogen-bond acceptors (Lipinski definition) is 5. The highest BCUT2D eigenvalue weighted by Gasteiger charge is 2.25. The topological polar surface area (TPSA) is 58.6 Å². The minimum atomic E-state index is -0.237. The number of hydrogen-bond donors (Lipinski definition) is 0. The van der Waals surface area contributed by atoms with E-state index in [2.05, 4.69) is 14.9 Å². The first-order chi connectivity index (χ1) is 15.9. The molecule has 8 heteroatoms. The molecule has 2 heterocycles. The molecule has 2 aromatic carbocycles. The number of aromatic nitrogens is 2. The monoisotopic (exact) mass is 468 g/mol. The number of carbonyl (C=O) groups is 1. The Bertz CT molecular complexity index is 1130. The van der Waals surface area contributed by atoms with Crippen LogP contribution in [-0.2, 0) is 11.2 Å². The van der Waals surface area contributed by atoms with E-state index in [0.717, 1.165) is 17.1 Å². The Balaban J connectivity index is 1.42. The zero-order valence-electron chi connectivity index (χ0n) is 18.7. The number of amides is 1. The van der Waals surface area contributed by atoms with Crippen LogP contribution in [0.1, 0.15) is 22.6 Å². The molecule has 1 aromatic heterocycles. The van der Waals surface area contributed by atoms with Crippen molar-refractivity contribution in [3.63, 3.8) is 0 Å². The number of aryl methyl sites for hydroxylation is 2. The van der Waals surface area contributed by atoms with Crippen molar-refractivity contribution in [1.29, 1.82) is 0 Å². The second kappa shape index (κ2) is 10.2. The fourth-order valence-electron chi connectivity index (χ4n) is 3.95. The molecule has 0 bridgehead atoms. The van der Waals surface area contributed by atoms with Crippen LogP contribution >= 0.6 is 11.6 Å². The molecule has 172 valence electrons. The maximum absolute atomic E-state index is 14.3. The third-order valence-corrected chi connectivity index (χ3v) is 5.99. The van der Waals surface area contributed by atoms with E-state index in [0.29, 0.717) is 54.8 Å². The number of benzene rings is 2. The van der Waals surface area contributed by atoms with Crippen LogP contribution in [0.25, 0.3) is 0 Å². The molecule has 1 fully saturated rings. The smallest absolute Gasteiger partial charge is 0.260 e. The molecule has 0 N–H and O–H groups in total. The molecule has 0 unspecified atom stereocenters. The Labute approximate surface area is 198 Å². The van der Waals surface area contributed by atoms with Crippen molar-refractivity contribution in [3.8, 4) is 5.75 Å². The molecule has 1 aliphatic heterocycles. The van der Waals surface area contributed by atoms with Crippen LogP contribution in [0.2, 0.25) is 5.02 Å². The molecular weight excluding hydrogens is 443 g/mol. The fraction of sp³-hybridized carbons (Fsp3) is 0.320. The molecular formula is C25H26ClFN4O2. The summed E-state index contributed by atoms with van der Waals surface area (Å²) >= 11 is 5.88. The van der Waals surface area contributed by atoms with Crippen molar-refractivity contribution >= 4 is 23.3 Å². The van der Waals surface area contributed by atoms with Gasteiger partial charge in [0.25, 0.3) is 5.91 Å². The van der Waals surface area contributed by atoms with Gasteiger partial charge in [0, 0.05) is 48.9 Å². The van der Waals surface area contributed by atoms with E-state index in [-0.39, 0.29) is 18.3 Å². The fourth-order valence-corrected chi connectivity index (χ4v) is 4.08. The minimum Gasteiger partial charge on any atom is -0.484 e. The highest BCUT2D eigenvalue weighted by molar-refractivity contribution is 6.30. The normalized spacial score (nSPS) is 13.8. The van der Waals surface area contributed by atoms with Gasteiger partial charge in [-0.05, 0) is 49.7 Å². The number of rotatable bonds is 6. The lowest BCUT2D eigenvalue weighted by Crippen LogP contribution is -2.50. The first-order valence-electron chi connectivity index (χ1n) is 10.9. The second-order valence-electron chi connectivity index (χ2n) is 8.04. The van der Waals surface area contributed by atoms with Gasteiger partial charge in [0.2, 0.25) is 0 Å². The lowest BCUT2D eigenvalue weighted by atomic mass is 10.0. The molecule has 0 radical (unpaired) electrons. The van der Waals surface area contributed by atoms with Gasteiger partial charge in [-0.25, -0.2) is 14.4 Å². The number of carbonyl (C=O) groups excluding carboxylic acids is 1. The third-order valence-electron chi connectivity index (χ3n) is 5.74. The summed E-state index contributed by atoms with van der Waals surface area (Å²) in [7, 11) is 0. The SMILES string of the molecule is Cc1nc(C)c(Cc2ccccc2F)c(N2CCN(C(=O)COc3ccc(Cl)cc3)CC2)n1.